The summed E-state index contributed by atoms with van der Waals surface area (Å²) in [5, 5.41) is 3.65. The molecule has 1 N–H and O–H groups in total. The molecule has 0 spiro atoms. The van der Waals surface area contributed by atoms with E-state index in [2.05, 4.69) is 10.2 Å². The second kappa shape index (κ2) is 8.43. The summed E-state index contributed by atoms with van der Waals surface area (Å²) in [4.78, 5) is 14.8. The fourth-order valence-electron chi connectivity index (χ4n) is 2.86. The number of hydrogen-bond donors (Lipinski definition) is 1. The summed E-state index contributed by atoms with van der Waals surface area (Å²) in [5.41, 5.74) is 1.76. The van der Waals surface area contributed by atoms with Crippen LogP contribution in [0.25, 0.3) is 0 Å². The van der Waals surface area contributed by atoms with E-state index in [1.807, 2.05) is 24.3 Å². The second-order valence-electron chi connectivity index (χ2n) is 6.38. The number of halogens is 1. The SMILES string of the molecule is COc1ccc(OC)c(NC(=O)CN(Cc2ccc(Cl)cc2)C2CC2)c1. The van der Waals surface area contributed by atoms with Gasteiger partial charge in [-0.05, 0) is 42.7 Å². The molecule has 0 heterocycles. The molecule has 1 aliphatic rings. The number of nitrogens with zero attached hydrogens (tertiary/aromatic N) is 1. The monoisotopic (exact) mass is 374 g/mol. The van der Waals surface area contributed by atoms with E-state index in [0.717, 1.165) is 30.0 Å². The molecule has 138 valence electrons. The molecule has 0 unspecified atom stereocenters. The zero-order chi connectivity index (χ0) is 18.5. The van der Waals surface area contributed by atoms with Gasteiger partial charge in [0.25, 0.3) is 0 Å². The van der Waals surface area contributed by atoms with Gasteiger partial charge >= 0.3 is 0 Å². The molecule has 26 heavy (non-hydrogen) atoms. The lowest BCUT2D eigenvalue weighted by Crippen LogP contribution is -2.34. The number of benzene rings is 2. The third-order valence-corrected chi connectivity index (χ3v) is 4.64. The molecule has 1 saturated carbocycles. The number of anilines is 1. The molecule has 0 aromatic heterocycles. The highest BCUT2D eigenvalue weighted by molar-refractivity contribution is 6.30. The van der Waals surface area contributed by atoms with Crippen LogP contribution in [0.15, 0.2) is 42.5 Å². The number of nitrogens with one attached hydrogen (secondary N) is 1. The minimum atomic E-state index is -0.0718. The van der Waals surface area contributed by atoms with Crippen LogP contribution >= 0.6 is 11.6 Å². The van der Waals surface area contributed by atoms with Crippen LogP contribution in [0.3, 0.4) is 0 Å². The Labute approximate surface area is 158 Å². The van der Waals surface area contributed by atoms with Crippen LogP contribution < -0.4 is 14.8 Å². The average Bonchev–Trinajstić information content (AvgIpc) is 3.48. The molecule has 1 fully saturated rings. The molecule has 1 amide bonds. The summed E-state index contributed by atoms with van der Waals surface area (Å²) in [5.74, 6) is 1.20. The predicted octanol–water partition coefficient (Wildman–Crippen LogP) is 3.96. The molecule has 1 aliphatic carbocycles. The third kappa shape index (κ3) is 4.90. The van der Waals surface area contributed by atoms with Gasteiger partial charge < -0.3 is 14.8 Å². The Bertz CT molecular complexity index is 760. The van der Waals surface area contributed by atoms with E-state index in [0.29, 0.717) is 29.8 Å². The van der Waals surface area contributed by atoms with Gasteiger partial charge in [-0.25, -0.2) is 0 Å². The Morgan fingerprint density at radius 1 is 1.15 bits per heavy atom. The van der Waals surface area contributed by atoms with Gasteiger partial charge in [0.2, 0.25) is 5.91 Å². The topological polar surface area (TPSA) is 50.8 Å². The molecule has 5 nitrogen and oxygen atoms in total. The van der Waals surface area contributed by atoms with E-state index in [1.54, 1.807) is 32.4 Å². The zero-order valence-corrected chi connectivity index (χ0v) is 15.8. The summed E-state index contributed by atoms with van der Waals surface area (Å²) in [7, 11) is 3.17. The number of carbonyl (C=O) groups is 1. The van der Waals surface area contributed by atoms with Crippen LogP contribution in [0.5, 0.6) is 11.5 Å². The largest absolute Gasteiger partial charge is 0.497 e. The highest BCUT2D eigenvalue weighted by Crippen LogP contribution is 2.30. The fourth-order valence-corrected chi connectivity index (χ4v) is 2.99. The summed E-state index contributed by atoms with van der Waals surface area (Å²) in [6, 6.07) is 13.6. The van der Waals surface area contributed by atoms with E-state index in [-0.39, 0.29) is 5.91 Å². The normalized spacial score (nSPS) is 13.5. The quantitative estimate of drug-likeness (QED) is 0.759. The number of rotatable bonds is 8. The van der Waals surface area contributed by atoms with Crippen molar-refractivity contribution in [1.82, 2.24) is 4.90 Å². The fraction of sp³-hybridized carbons (Fsp3) is 0.350. The molecular formula is C20H23ClN2O3. The van der Waals surface area contributed by atoms with Crippen molar-refractivity contribution in [3.05, 3.63) is 53.1 Å². The van der Waals surface area contributed by atoms with Crippen LogP contribution in [0, 0.1) is 0 Å². The first-order valence-corrected chi connectivity index (χ1v) is 8.97. The van der Waals surface area contributed by atoms with Gasteiger partial charge in [0.1, 0.15) is 11.5 Å². The molecule has 0 atom stereocenters. The van der Waals surface area contributed by atoms with Gasteiger partial charge in [0, 0.05) is 23.7 Å². The summed E-state index contributed by atoms with van der Waals surface area (Å²) < 4.78 is 10.5. The summed E-state index contributed by atoms with van der Waals surface area (Å²) in [6.45, 7) is 1.05. The highest BCUT2D eigenvalue weighted by Gasteiger charge is 2.30. The molecule has 2 aromatic rings. The lowest BCUT2D eigenvalue weighted by Gasteiger charge is -2.22. The van der Waals surface area contributed by atoms with E-state index in [9.17, 15) is 4.79 Å². The molecule has 6 heteroatoms. The Morgan fingerprint density at radius 2 is 1.88 bits per heavy atom. The maximum Gasteiger partial charge on any atom is 0.238 e. The van der Waals surface area contributed by atoms with Crippen LogP contribution in [0.1, 0.15) is 18.4 Å². The lowest BCUT2D eigenvalue weighted by molar-refractivity contribution is -0.117. The van der Waals surface area contributed by atoms with Crippen molar-refractivity contribution in [2.75, 3.05) is 26.1 Å². The molecule has 0 bridgehead atoms. The zero-order valence-electron chi connectivity index (χ0n) is 15.0. The van der Waals surface area contributed by atoms with E-state index >= 15 is 0 Å². The lowest BCUT2D eigenvalue weighted by atomic mass is 10.2. The highest BCUT2D eigenvalue weighted by atomic mass is 35.5. The summed E-state index contributed by atoms with van der Waals surface area (Å²) >= 11 is 5.95. The van der Waals surface area contributed by atoms with Gasteiger partial charge in [-0.15, -0.1) is 0 Å². The minimum absolute atomic E-state index is 0.0718. The Hall–Kier alpha value is -2.24. The number of carbonyl (C=O) groups excluding carboxylic acids is 1. The number of amides is 1. The minimum Gasteiger partial charge on any atom is -0.497 e. The van der Waals surface area contributed by atoms with Crippen molar-refractivity contribution in [3.63, 3.8) is 0 Å². The third-order valence-electron chi connectivity index (χ3n) is 4.39. The second-order valence-corrected chi connectivity index (χ2v) is 6.81. The van der Waals surface area contributed by atoms with Crippen LogP contribution in [0.4, 0.5) is 5.69 Å². The molecule has 2 aromatic carbocycles. The Kier molecular flexibility index (Phi) is 6.01. The number of hydrogen-bond acceptors (Lipinski definition) is 4. The summed E-state index contributed by atoms with van der Waals surface area (Å²) in [6.07, 6.45) is 2.26. The molecule has 3 rings (SSSR count). The van der Waals surface area contributed by atoms with Gasteiger partial charge in [0.05, 0.1) is 26.5 Å². The predicted molar refractivity (Wildman–Crippen MR) is 103 cm³/mol. The first-order valence-electron chi connectivity index (χ1n) is 8.59. The van der Waals surface area contributed by atoms with Gasteiger partial charge in [-0.2, -0.15) is 0 Å². The van der Waals surface area contributed by atoms with Crippen LogP contribution in [0.2, 0.25) is 5.02 Å². The Morgan fingerprint density at radius 3 is 2.50 bits per heavy atom. The first kappa shape index (κ1) is 18.5. The van der Waals surface area contributed by atoms with Crippen LogP contribution in [-0.2, 0) is 11.3 Å². The standard InChI is InChI=1S/C20H23ClN2O3/c1-25-17-9-10-19(26-2)18(11-17)22-20(24)13-23(16-7-8-16)12-14-3-5-15(21)6-4-14/h3-6,9-11,16H,7-8,12-13H2,1-2H3,(H,22,24). The van der Waals surface area contributed by atoms with Crippen molar-refractivity contribution in [3.8, 4) is 11.5 Å². The van der Waals surface area contributed by atoms with Gasteiger partial charge in [-0.3, -0.25) is 9.69 Å². The molecule has 0 saturated heterocycles. The van der Waals surface area contributed by atoms with Crippen molar-refractivity contribution < 1.29 is 14.3 Å². The number of ether oxygens (including phenoxy) is 2. The van der Waals surface area contributed by atoms with Crippen LogP contribution in [-0.4, -0.2) is 37.6 Å². The maximum atomic E-state index is 12.6. The van der Waals surface area contributed by atoms with Gasteiger partial charge in [0.15, 0.2) is 0 Å². The van der Waals surface area contributed by atoms with Crippen molar-refractivity contribution in [2.24, 2.45) is 0 Å². The van der Waals surface area contributed by atoms with Crippen molar-refractivity contribution >= 4 is 23.2 Å². The Balaban J connectivity index is 1.66. The number of methoxy groups -OCH3 is 2. The first-order chi connectivity index (χ1) is 12.6. The average molecular weight is 375 g/mol. The molecule has 0 aliphatic heterocycles. The van der Waals surface area contributed by atoms with E-state index in [4.69, 9.17) is 21.1 Å². The smallest absolute Gasteiger partial charge is 0.238 e. The van der Waals surface area contributed by atoms with E-state index < -0.39 is 0 Å². The molecule has 0 radical (unpaired) electrons. The van der Waals surface area contributed by atoms with Crippen molar-refractivity contribution in [1.29, 1.82) is 0 Å². The van der Waals surface area contributed by atoms with Crippen molar-refractivity contribution in [2.45, 2.75) is 25.4 Å². The van der Waals surface area contributed by atoms with Gasteiger partial charge in [-0.1, -0.05) is 23.7 Å². The molecular weight excluding hydrogens is 352 g/mol. The van der Waals surface area contributed by atoms with E-state index in [1.165, 1.54) is 0 Å². The maximum absolute atomic E-state index is 12.6.